The molecule has 0 spiro atoms. The molecule has 2 aromatic carbocycles. The molecular formula is C19H18ClN3O. The van der Waals surface area contributed by atoms with E-state index in [1.54, 1.807) is 6.07 Å². The van der Waals surface area contributed by atoms with Crippen LogP contribution >= 0.6 is 11.6 Å². The second-order valence-electron chi connectivity index (χ2n) is 5.41. The lowest BCUT2D eigenvalue weighted by Crippen LogP contribution is -2.17. The fraction of sp³-hybridized carbons (Fsp3) is 0.158. The van der Waals surface area contributed by atoms with Crippen LogP contribution in [0.3, 0.4) is 0 Å². The number of hydrogen-bond donors (Lipinski definition) is 2. The lowest BCUT2D eigenvalue weighted by molar-refractivity contribution is -0.112. The SMILES string of the molecule is Cc1ccc(NC(=O)/C(C#N)=C\NCc2ccccc2Cl)c(C)c1. The number of hydrogen-bond acceptors (Lipinski definition) is 3. The van der Waals surface area contributed by atoms with Gasteiger partial charge in [0.05, 0.1) is 0 Å². The smallest absolute Gasteiger partial charge is 0.267 e. The molecule has 5 heteroatoms. The topological polar surface area (TPSA) is 64.9 Å². The molecule has 0 bridgehead atoms. The lowest BCUT2D eigenvalue weighted by atomic mass is 10.1. The number of carbonyl (C=O) groups excluding carboxylic acids is 1. The molecule has 0 unspecified atom stereocenters. The lowest BCUT2D eigenvalue weighted by Gasteiger charge is -2.09. The molecule has 4 nitrogen and oxygen atoms in total. The highest BCUT2D eigenvalue weighted by molar-refractivity contribution is 6.31. The van der Waals surface area contributed by atoms with E-state index in [0.717, 1.165) is 16.7 Å². The predicted molar refractivity (Wildman–Crippen MR) is 96.5 cm³/mol. The monoisotopic (exact) mass is 339 g/mol. The summed E-state index contributed by atoms with van der Waals surface area (Å²) in [6, 6.07) is 15.0. The largest absolute Gasteiger partial charge is 0.386 e. The molecule has 0 heterocycles. The maximum absolute atomic E-state index is 12.2. The van der Waals surface area contributed by atoms with E-state index in [9.17, 15) is 10.1 Å². The van der Waals surface area contributed by atoms with Gasteiger partial charge in [-0.05, 0) is 37.1 Å². The van der Waals surface area contributed by atoms with Crippen LogP contribution in [0.5, 0.6) is 0 Å². The molecule has 122 valence electrons. The third-order valence-electron chi connectivity index (χ3n) is 3.49. The molecule has 0 atom stereocenters. The Labute approximate surface area is 146 Å². The van der Waals surface area contributed by atoms with E-state index >= 15 is 0 Å². The molecule has 0 aromatic heterocycles. The standard InChI is InChI=1S/C19H18ClN3O/c1-13-7-8-18(14(2)9-13)23-19(24)16(10-21)12-22-11-15-5-3-4-6-17(15)20/h3-9,12,22H,11H2,1-2H3,(H,23,24)/b16-12-. The first-order chi connectivity index (χ1) is 11.5. The molecule has 1 amide bonds. The molecular weight excluding hydrogens is 322 g/mol. The highest BCUT2D eigenvalue weighted by atomic mass is 35.5. The Morgan fingerprint density at radius 3 is 2.67 bits per heavy atom. The van der Waals surface area contributed by atoms with Crippen molar-refractivity contribution in [3.63, 3.8) is 0 Å². The third-order valence-corrected chi connectivity index (χ3v) is 3.86. The zero-order valence-electron chi connectivity index (χ0n) is 13.6. The average molecular weight is 340 g/mol. The fourth-order valence-corrected chi connectivity index (χ4v) is 2.40. The van der Waals surface area contributed by atoms with Crippen molar-refractivity contribution in [3.05, 3.63) is 76.0 Å². The molecule has 0 aliphatic heterocycles. The molecule has 24 heavy (non-hydrogen) atoms. The second kappa shape index (κ2) is 8.19. The van der Waals surface area contributed by atoms with Gasteiger partial charge < -0.3 is 10.6 Å². The van der Waals surface area contributed by atoms with E-state index < -0.39 is 5.91 Å². The van der Waals surface area contributed by atoms with Gasteiger partial charge in [0, 0.05) is 23.5 Å². The van der Waals surface area contributed by atoms with Crippen LogP contribution in [0.4, 0.5) is 5.69 Å². The zero-order valence-corrected chi connectivity index (χ0v) is 14.3. The molecule has 0 fully saturated rings. The Bertz CT molecular complexity index is 822. The number of amides is 1. The van der Waals surface area contributed by atoms with Gasteiger partial charge in [-0.1, -0.05) is 47.5 Å². The summed E-state index contributed by atoms with van der Waals surface area (Å²) >= 11 is 6.07. The van der Waals surface area contributed by atoms with Gasteiger partial charge in [0.2, 0.25) is 0 Å². The van der Waals surface area contributed by atoms with Crippen molar-refractivity contribution in [1.82, 2.24) is 5.32 Å². The van der Waals surface area contributed by atoms with Crippen molar-refractivity contribution in [2.45, 2.75) is 20.4 Å². The summed E-state index contributed by atoms with van der Waals surface area (Å²) in [5, 5.41) is 15.5. The Morgan fingerprint density at radius 2 is 2.00 bits per heavy atom. The molecule has 0 radical (unpaired) electrons. The van der Waals surface area contributed by atoms with E-state index in [2.05, 4.69) is 10.6 Å². The summed E-state index contributed by atoms with van der Waals surface area (Å²) in [6.07, 6.45) is 1.40. The summed E-state index contributed by atoms with van der Waals surface area (Å²) in [5.41, 5.74) is 3.65. The van der Waals surface area contributed by atoms with Crippen molar-refractivity contribution < 1.29 is 4.79 Å². The van der Waals surface area contributed by atoms with Crippen LogP contribution in [0.2, 0.25) is 5.02 Å². The van der Waals surface area contributed by atoms with E-state index in [-0.39, 0.29) is 5.57 Å². The summed E-state index contributed by atoms with van der Waals surface area (Å²) in [5.74, 6) is -0.448. The van der Waals surface area contributed by atoms with Gasteiger partial charge in [0.1, 0.15) is 11.6 Å². The Morgan fingerprint density at radius 1 is 1.25 bits per heavy atom. The van der Waals surface area contributed by atoms with E-state index in [1.165, 1.54) is 6.20 Å². The number of nitriles is 1. The van der Waals surface area contributed by atoms with Crippen LogP contribution in [-0.2, 0) is 11.3 Å². The average Bonchev–Trinajstić information content (AvgIpc) is 2.55. The normalized spacial score (nSPS) is 10.8. The van der Waals surface area contributed by atoms with Crippen LogP contribution in [-0.4, -0.2) is 5.91 Å². The van der Waals surface area contributed by atoms with Gasteiger partial charge in [-0.2, -0.15) is 5.26 Å². The molecule has 0 aliphatic carbocycles. The van der Waals surface area contributed by atoms with Gasteiger partial charge in [0.25, 0.3) is 5.91 Å². The number of nitrogens with one attached hydrogen (secondary N) is 2. The van der Waals surface area contributed by atoms with Crippen LogP contribution < -0.4 is 10.6 Å². The number of nitrogens with zero attached hydrogens (tertiary/aromatic N) is 1. The summed E-state index contributed by atoms with van der Waals surface area (Å²) in [6.45, 7) is 4.33. The molecule has 0 saturated carbocycles. The van der Waals surface area contributed by atoms with Crippen molar-refractivity contribution in [1.29, 1.82) is 5.26 Å². The maximum atomic E-state index is 12.2. The second-order valence-corrected chi connectivity index (χ2v) is 5.82. The first kappa shape index (κ1) is 17.6. The fourth-order valence-electron chi connectivity index (χ4n) is 2.20. The minimum Gasteiger partial charge on any atom is -0.386 e. The van der Waals surface area contributed by atoms with E-state index in [1.807, 2.05) is 56.3 Å². The molecule has 2 rings (SSSR count). The van der Waals surface area contributed by atoms with E-state index in [0.29, 0.717) is 17.3 Å². The number of anilines is 1. The van der Waals surface area contributed by atoms with Crippen molar-refractivity contribution in [2.24, 2.45) is 0 Å². The number of aryl methyl sites for hydroxylation is 2. The zero-order chi connectivity index (χ0) is 17.5. The third kappa shape index (κ3) is 4.61. The van der Waals surface area contributed by atoms with Crippen molar-refractivity contribution in [2.75, 3.05) is 5.32 Å². The predicted octanol–water partition coefficient (Wildman–Crippen LogP) is 4.09. The van der Waals surface area contributed by atoms with E-state index in [4.69, 9.17) is 11.6 Å². The summed E-state index contributed by atoms with van der Waals surface area (Å²) in [4.78, 5) is 12.2. The van der Waals surface area contributed by atoms with Crippen molar-refractivity contribution >= 4 is 23.2 Å². The first-order valence-electron chi connectivity index (χ1n) is 7.47. The maximum Gasteiger partial charge on any atom is 0.267 e. The molecule has 2 N–H and O–H groups in total. The van der Waals surface area contributed by atoms with Crippen molar-refractivity contribution in [3.8, 4) is 6.07 Å². The number of halogens is 1. The number of benzene rings is 2. The van der Waals surface area contributed by atoms with Gasteiger partial charge in [-0.25, -0.2) is 0 Å². The van der Waals surface area contributed by atoms with Crippen LogP contribution in [0, 0.1) is 25.2 Å². The Kier molecular flexibility index (Phi) is 6.00. The Hall–Kier alpha value is -2.77. The van der Waals surface area contributed by atoms with Gasteiger partial charge >= 0.3 is 0 Å². The van der Waals surface area contributed by atoms with Crippen LogP contribution in [0.15, 0.2) is 54.2 Å². The van der Waals surface area contributed by atoms with Crippen LogP contribution in [0.1, 0.15) is 16.7 Å². The quantitative estimate of drug-likeness (QED) is 0.637. The van der Waals surface area contributed by atoms with Gasteiger partial charge in [0.15, 0.2) is 0 Å². The molecule has 0 saturated heterocycles. The number of carbonyl (C=O) groups is 1. The summed E-state index contributed by atoms with van der Waals surface area (Å²) < 4.78 is 0. The minimum atomic E-state index is -0.448. The minimum absolute atomic E-state index is 0.00188. The Balaban J connectivity index is 2.03. The summed E-state index contributed by atoms with van der Waals surface area (Å²) in [7, 11) is 0. The molecule has 2 aromatic rings. The first-order valence-corrected chi connectivity index (χ1v) is 7.84. The van der Waals surface area contributed by atoms with Gasteiger partial charge in [-0.3, -0.25) is 4.79 Å². The highest BCUT2D eigenvalue weighted by Gasteiger charge is 2.10. The van der Waals surface area contributed by atoms with Crippen LogP contribution in [0.25, 0.3) is 0 Å². The van der Waals surface area contributed by atoms with Gasteiger partial charge in [-0.15, -0.1) is 0 Å². The highest BCUT2D eigenvalue weighted by Crippen LogP contribution is 2.17. The molecule has 0 aliphatic rings. The number of rotatable bonds is 5.